The molecule has 39 heavy (non-hydrogen) atoms. The van der Waals surface area contributed by atoms with Gasteiger partial charge in [-0.15, -0.1) is 0 Å². The van der Waals surface area contributed by atoms with Gasteiger partial charge in [-0.05, 0) is 75.3 Å². The third-order valence-electron chi connectivity index (χ3n) is 7.90. The lowest BCUT2D eigenvalue weighted by Gasteiger charge is -2.35. The summed E-state index contributed by atoms with van der Waals surface area (Å²) in [6, 6.07) is 32.6. The van der Waals surface area contributed by atoms with Gasteiger partial charge in [-0.2, -0.15) is 0 Å². The van der Waals surface area contributed by atoms with E-state index in [1.807, 2.05) is 72.8 Å². The molecule has 7 rings (SSSR count). The Bertz CT molecular complexity index is 1790. The lowest BCUT2D eigenvalue weighted by molar-refractivity contribution is 0.0879. The summed E-state index contributed by atoms with van der Waals surface area (Å²) in [6.45, 7) is 0. The molecular formula is C33H23N3O3. The molecule has 1 aliphatic carbocycles. The second-order valence-corrected chi connectivity index (χ2v) is 9.93. The highest BCUT2D eigenvalue weighted by atomic mass is 16.3. The first-order valence-electron chi connectivity index (χ1n) is 12.6. The Balaban J connectivity index is 1.68. The van der Waals surface area contributed by atoms with Crippen molar-refractivity contribution in [1.29, 1.82) is 0 Å². The third kappa shape index (κ3) is 3.03. The van der Waals surface area contributed by atoms with E-state index in [0.29, 0.717) is 22.5 Å². The minimum absolute atomic E-state index is 0.0773. The van der Waals surface area contributed by atoms with Crippen molar-refractivity contribution in [3.8, 4) is 28.0 Å². The van der Waals surface area contributed by atoms with Crippen LogP contribution in [-0.2, 0) is 5.41 Å². The molecule has 0 spiro atoms. The van der Waals surface area contributed by atoms with E-state index in [2.05, 4.69) is 23.5 Å². The number of benzene rings is 5. The van der Waals surface area contributed by atoms with Crippen molar-refractivity contribution >= 4 is 23.2 Å². The molecule has 6 nitrogen and oxygen atoms in total. The zero-order chi connectivity index (χ0) is 26.9. The zero-order valence-corrected chi connectivity index (χ0v) is 20.7. The molecule has 2 amide bonds. The highest BCUT2D eigenvalue weighted by Gasteiger charge is 2.48. The van der Waals surface area contributed by atoms with Gasteiger partial charge >= 0.3 is 0 Å². The molecule has 0 bridgehead atoms. The number of anilines is 2. The molecule has 0 saturated heterocycles. The normalized spacial score (nSPS) is 14.5. The number of phenols is 1. The van der Waals surface area contributed by atoms with Crippen LogP contribution in [0.1, 0.15) is 43.0 Å². The lowest BCUT2D eigenvalue weighted by Crippen LogP contribution is -2.29. The molecule has 0 unspecified atom stereocenters. The lowest BCUT2D eigenvalue weighted by atomic mass is 9.66. The number of nitrogens with one attached hydrogen (secondary N) is 1. The fourth-order valence-electron chi connectivity index (χ4n) is 6.32. The summed E-state index contributed by atoms with van der Waals surface area (Å²) < 4.78 is 0. The van der Waals surface area contributed by atoms with Gasteiger partial charge in [0.05, 0.1) is 16.5 Å². The maximum atomic E-state index is 13.0. The first-order chi connectivity index (χ1) is 18.9. The van der Waals surface area contributed by atoms with E-state index in [4.69, 9.17) is 11.5 Å². The summed E-state index contributed by atoms with van der Waals surface area (Å²) in [5, 5.41) is 13.6. The number of nitrogens with two attached hydrogens (primary N) is 2. The average molecular weight is 510 g/mol. The number of aromatic hydroxyl groups is 1. The molecular weight excluding hydrogens is 486 g/mol. The van der Waals surface area contributed by atoms with Crippen LogP contribution in [0, 0.1) is 0 Å². The summed E-state index contributed by atoms with van der Waals surface area (Å²) in [5.74, 6) is -1.08. The molecule has 1 heterocycles. The van der Waals surface area contributed by atoms with E-state index < -0.39 is 17.2 Å². The molecule has 6 N–H and O–H groups in total. The number of amides is 2. The van der Waals surface area contributed by atoms with Crippen molar-refractivity contribution < 1.29 is 14.7 Å². The van der Waals surface area contributed by atoms with Crippen molar-refractivity contribution in [2.24, 2.45) is 0 Å². The standard InChI is InChI=1S/C33H23N3O3/c34-20-12-8-18(9-13-20)33(19-10-14-21(35)15-11-19)26-7-2-1-4-22(26)23-5-3-6-24(30(23)33)28-27(37)17-16-25-29(28)32(39)36-31(25)38/h1-17,37H,34-35H2,(H,36,38,39). The fourth-order valence-corrected chi connectivity index (χ4v) is 6.32. The van der Waals surface area contributed by atoms with Gasteiger partial charge < -0.3 is 16.6 Å². The summed E-state index contributed by atoms with van der Waals surface area (Å²) in [4.78, 5) is 25.6. The predicted octanol–water partition coefficient (Wildman–Crippen LogP) is 5.47. The topological polar surface area (TPSA) is 118 Å². The maximum absolute atomic E-state index is 13.0. The number of imide groups is 1. The van der Waals surface area contributed by atoms with Gasteiger partial charge in [-0.1, -0.05) is 66.7 Å². The minimum Gasteiger partial charge on any atom is -0.507 e. The van der Waals surface area contributed by atoms with E-state index in [9.17, 15) is 14.7 Å². The number of fused-ring (bicyclic) bond motifs is 4. The van der Waals surface area contributed by atoms with Crippen molar-refractivity contribution in [2.45, 2.75) is 5.41 Å². The molecule has 1 aliphatic heterocycles. The van der Waals surface area contributed by atoms with Gasteiger partial charge in [0.1, 0.15) is 5.75 Å². The zero-order valence-electron chi connectivity index (χ0n) is 20.7. The molecule has 188 valence electrons. The molecule has 0 aromatic heterocycles. The quantitative estimate of drug-likeness (QED) is 0.186. The Labute approximate surface area is 224 Å². The highest BCUT2D eigenvalue weighted by molar-refractivity contribution is 6.25. The smallest absolute Gasteiger partial charge is 0.259 e. The van der Waals surface area contributed by atoms with Crippen LogP contribution in [0.25, 0.3) is 22.3 Å². The van der Waals surface area contributed by atoms with E-state index in [1.165, 1.54) is 12.1 Å². The van der Waals surface area contributed by atoms with Crippen LogP contribution in [0.4, 0.5) is 11.4 Å². The van der Waals surface area contributed by atoms with Gasteiger partial charge in [0.15, 0.2) is 0 Å². The Kier molecular flexibility index (Phi) is 4.72. The van der Waals surface area contributed by atoms with Gasteiger partial charge in [0.2, 0.25) is 0 Å². The van der Waals surface area contributed by atoms with Gasteiger partial charge in [0.25, 0.3) is 11.8 Å². The first-order valence-corrected chi connectivity index (χ1v) is 12.6. The third-order valence-corrected chi connectivity index (χ3v) is 7.90. The number of carbonyl (C=O) groups excluding carboxylic acids is 2. The second kappa shape index (κ2) is 8.07. The summed E-state index contributed by atoms with van der Waals surface area (Å²) in [6.07, 6.45) is 0. The number of carbonyl (C=O) groups is 2. The molecule has 0 radical (unpaired) electrons. The SMILES string of the molecule is Nc1ccc(C2(c3ccc(N)cc3)c3ccccc3-c3cccc(-c4c(O)ccc5c4C(=O)NC5=O)c32)cc1. The molecule has 0 atom stereocenters. The summed E-state index contributed by atoms with van der Waals surface area (Å²) in [5.41, 5.74) is 20.0. The van der Waals surface area contributed by atoms with Crippen LogP contribution < -0.4 is 16.8 Å². The number of hydrogen-bond donors (Lipinski definition) is 4. The molecule has 5 aromatic rings. The molecule has 6 heteroatoms. The van der Waals surface area contributed by atoms with Crippen molar-refractivity contribution in [1.82, 2.24) is 5.32 Å². The van der Waals surface area contributed by atoms with Crippen molar-refractivity contribution in [3.63, 3.8) is 0 Å². The van der Waals surface area contributed by atoms with Crippen LogP contribution in [0.3, 0.4) is 0 Å². The first kappa shape index (κ1) is 22.8. The second-order valence-electron chi connectivity index (χ2n) is 9.93. The monoisotopic (exact) mass is 509 g/mol. The van der Waals surface area contributed by atoms with E-state index in [-0.39, 0.29) is 16.9 Å². The van der Waals surface area contributed by atoms with Crippen LogP contribution >= 0.6 is 0 Å². The van der Waals surface area contributed by atoms with Crippen molar-refractivity contribution in [2.75, 3.05) is 11.5 Å². The largest absolute Gasteiger partial charge is 0.507 e. The van der Waals surface area contributed by atoms with E-state index >= 15 is 0 Å². The van der Waals surface area contributed by atoms with Crippen LogP contribution in [0.2, 0.25) is 0 Å². The van der Waals surface area contributed by atoms with Crippen LogP contribution in [-0.4, -0.2) is 16.9 Å². The number of rotatable bonds is 3. The number of phenolic OH excluding ortho intramolecular Hbond substituents is 1. The molecule has 0 fully saturated rings. The molecule has 2 aliphatic rings. The van der Waals surface area contributed by atoms with Gasteiger partial charge in [0, 0.05) is 16.9 Å². The summed E-state index contributed by atoms with van der Waals surface area (Å²) in [7, 11) is 0. The maximum Gasteiger partial charge on any atom is 0.259 e. The number of hydrogen-bond acceptors (Lipinski definition) is 5. The Morgan fingerprint density at radius 1 is 0.564 bits per heavy atom. The van der Waals surface area contributed by atoms with E-state index in [0.717, 1.165) is 33.4 Å². The van der Waals surface area contributed by atoms with Crippen LogP contribution in [0.5, 0.6) is 5.75 Å². The predicted molar refractivity (Wildman–Crippen MR) is 151 cm³/mol. The molecule has 5 aromatic carbocycles. The van der Waals surface area contributed by atoms with Gasteiger partial charge in [-0.3, -0.25) is 14.9 Å². The number of nitrogen functional groups attached to an aromatic ring is 2. The van der Waals surface area contributed by atoms with Crippen LogP contribution in [0.15, 0.2) is 103 Å². The Hall–Kier alpha value is -5.36. The van der Waals surface area contributed by atoms with E-state index in [1.54, 1.807) is 0 Å². The molecule has 0 saturated carbocycles. The minimum atomic E-state index is -0.835. The average Bonchev–Trinajstić information content (AvgIpc) is 3.41. The Morgan fingerprint density at radius 2 is 1.15 bits per heavy atom. The Morgan fingerprint density at radius 3 is 1.82 bits per heavy atom. The van der Waals surface area contributed by atoms with Crippen molar-refractivity contribution in [3.05, 3.63) is 137 Å². The summed E-state index contributed by atoms with van der Waals surface area (Å²) >= 11 is 0. The van der Waals surface area contributed by atoms with Gasteiger partial charge in [-0.25, -0.2) is 0 Å². The fraction of sp³-hybridized carbons (Fsp3) is 0.0303. The highest BCUT2D eigenvalue weighted by Crippen LogP contribution is 2.59.